The van der Waals surface area contributed by atoms with Gasteiger partial charge in [0, 0.05) is 11.1 Å². The molecule has 0 saturated heterocycles. The van der Waals surface area contributed by atoms with Crippen LogP contribution in [0.4, 0.5) is 5.69 Å². The van der Waals surface area contributed by atoms with Crippen LogP contribution in [-0.2, 0) is 0 Å². The summed E-state index contributed by atoms with van der Waals surface area (Å²) in [7, 11) is 0. The minimum absolute atomic E-state index is 0.214. The van der Waals surface area contributed by atoms with Crippen molar-refractivity contribution < 1.29 is 9.53 Å². The second-order valence-electron chi connectivity index (χ2n) is 5.07. The maximum absolute atomic E-state index is 12.2. The summed E-state index contributed by atoms with van der Waals surface area (Å²) in [6.07, 6.45) is 3.20. The average molecular weight is 319 g/mol. The number of hydrogen-bond donors (Lipinski definition) is 1. The highest BCUT2D eigenvalue weighted by Gasteiger charge is 2.07. The fourth-order valence-corrected chi connectivity index (χ4v) is 2.20. The van der Waals surface area contributed by atoms with E-state index >= 15 is 0 Å². The lowest BCUT2D eigenvalue weighted by Crippen LogP contribution is -2.12. The zero-order valence-electron chi connectivity index (χ0n) is 13.3. The molecule has 0 saturated carbocycles. The van der Waals surface area contributed by atoms with Gasteiger partial charge in [0.2, 0.25) is 0 Å². The first kappa shape index (κ1) is 15.7. The number of hydrogen-bond acceptors (Lipinski definition) is 4. The number of amides is 1. The first-order valence-electron chi connectivity index (χ1n) is 7.68. The molecule has 3 aromatic rings. The molecule has 3 rings (SSSR count). The van der Waals surface area contributed by atoms with E-state index in [2.05, 4.69) is 15.3 Å². The van der Waals surface area contributed by atoms with Gasteiger partial charge < -0.3 is 10.1 Å². The van der Waals surface area contributed by atoms with E-state index in [9.17, 15) is 4.79 Å². The number of nitrogens with zero attached hydrogens (tertiary/aromatic N) is 2. The second kappa shape index (κ2) is 7.37. The quantitative estimate of drug-likeness (QED) is 0.777. The van der Waals surface area contributed by atoms with Gasteiger partial charge in [-0.15, -0.1) is 0 Å². The predicted octanol–water partition coefficient (Wildman–Crippen LogP) is 3.79. The highest BCUT2D eigenvalue weighted by molar-refractivity contribution is 6.04. The van der Waals surface area contributed by atoms with E-state index in [-0.39, 0.29) is 5.91 Å². The van der Waals surface area contributed by atoms with Crippen LogP contribution in [0.15, 0.2) is 67.0 Å². The van der Waals surface area contributed by atoms with Gasteiger partial charge in [-0.2, -0.15) is 0 Å². The van der Waals surface area contributed by atoms with Gasteiger partial charge in [-0.3, -0.25) is 4.79 Å². The number of carbonyl (C=O) groups excluding carboxylic acids is 1. The Morgan fingerprint density at radius 3 is 2.29 bits per heavy atom. The molecule has 0 aliphatic rings. The molecule has 0 atom stereocenters. The molecule has 24 heavy (non-hydrogen) atoms. The molecule has 0 aliphatic carbocycles. The van der Waals surface area contributed by atoms with Crippen molar-refractivity contribution in [3.8, 4) is 17.1 Å². The van der Waals surface area contributed by atoms with Gasteiger partial charge in [0.05, 0.1) is 24.7 Å². The summed E-state index contributed by atoms with van der Waals surface area (Å²) < 4.78 is 5.36. The molecule has 1 heterocycles. The molecule has 120 valence electrons. The van der Waals surface area contributed by atoms with Crippen LogP contribution in [0.5, 0.6) is 5.75 Å². The Labute approximate surface area is 140 Å². The summed E-state index contributed by atoms with van der Waals surface area (Å²) in [4.78, 5) is 20.8. The van der Waals surface area contributed by atoms with Gasteiger partial charge in [-0.1, -0.05) is 30.3 Å². The molecule has 0 bridgehead atoms. The summed E-state index contributed by atoms with van der Waals surface area (Å²) in [5, 5.41) is 2.78. The summed E-state index contributed by atoms with van der Waals surface area (Å²) in [6, 6.07) is 16.7. The van der Waals surface area contributed by atoms with Crippen LogP contribution in [0.25, 0.3) is 11.4 Å². The summed E-state index contributed by atoms with van der Waals surface area (Å²) in [5.41, 5.74) is 2.03. The van der Waals surface area contributed by atoms with Crippen LogP contribution >= 0.6 is 0 Å². The summed E-state index contributed by atoms with van der Waals surface area (Å²) in [6.45, 7) is 2.51. The van der Waals surface area contributed by atoms with Crippen LogP contribution < -0.4 is 10.1 Å². The molecule has 0 fully saturated rings. The Kier molecular flexibility index (Phi) is 4.81. The first-order valence-corrected chi connectivity index (χ1v) is 7.68. The molecule has 1 aromatic heterocycles. The summed E-state index contributed by atoms with van der Waals surface area (Å²) in [5.74, 6) is 1.15. The number of nitrogens with one attached hydrogen (secondary N) is 1. The van der Waals surface area contributed by atoms with Gasteiger partial charge in [0.25, 0.3) is 5.91 Å². The number of rotatable bonds is 5. The minimum Gasteiger partial charge on any atom is -0.494 e. The van der Waals surface area contributed by atoms with Crippen molar-refractivity contribution in [2.24, 2.45) is 0 Å². The second-order valence-corrected chi connectivity index (χ2v) is 5.07. The van der Waals surface area contributed by atoms with Crippen LogP contribution in [0.1, 0.15) is 17.3 Å². The molecule has 5 nitrogen and oxygen atoms in total. The summed E-state index contributed by atoms with van der Waals surface area (Å²) >= 11 is 0. The molecule has 1 N–H and O–H groups in total. The average Bonchev–Trinajstić information content (AvgIpc) is 2.64. The van der Waals surface area contributed by atoms with Crippen molar-refractivity contribution in [3.63, 3.8) is 0 Å². The molecule has 0 unspecified atom stereocenters. The van der Waals surface area contributed by atoms with Gasteiger partial charge >= 0.3 is 0 Å². The maximum atomic E-state index is 12.2. The monoisotopic (exact) mass is 319 g/mol. The van der Waals surface area contributed by atoms with Crippen molar-refractivity contribution in [2.75, 3.05) is 11.9 Å². The van der Waals surface area contributed by atoms with Crippen LogP contribution in [-0.4, -0.2) is 22.5 Å². The van der Waals surface area contributed by atoms with Crippen molar-refractivity contribution in [3.05, 3.63) is 72.6 Å². The van der Waals surface area contributed by atoms with Gasteiger partial charge in [-0.25, -0.2) is 9.97 Å². The molecule has 2 aromatic carbocycles. The van der Waals surface area contributed by atoms with E-state index in [0.29, 0.717) is 23.7 Å². The van der Waals surface area contributed by atoms with Crippen molar-refractivity contribution in [1.29, 1.82) is 0 Å². The van der Waals surface area contributed by atoms with Crippen molar-refractivity contribution in [2.45, 2.75) is 6.92 Å². The van der Waals surface area contributed by atoms with Crippen LogP contribution in [0.2, 0.25) is 0 Å². The number of ether oxygens (including phenoxy) is 1. The molecule has 5 heteroatoms. The fraction of sp³-hybridized carbons (Fsp3) is 0.105. The Morgan fingerprint density at radius 2 is 1.67 bits per heavy atom. The van der Waals surface area contributed by atoms with Crippen molar-refractivity contribution in [1.82, 2.24) is 9.97 Å². The lowest BCUT2D eigenvalue weighted by Gasteiger charge is -2.07. The van der Waals surface area contributed by atoms with Gasteiger partial charge in [0.15, 0.2) is 5.82 Å². The van der Waals surface area contributed by atoms with E-state index in [0.717, 1.165) is 11.3 Å². The Hall–Kier alpha value is -3.21. The minimum atomic E-state index is -0.214. The maximum Gasteiger partial charge on any atom is 0.255 e. The molecular formula is C19H17N3O2. The highest BCUT2D eigenvalue weighted by atomic mass is 16.5. The number of anilines is 1. The molecule has 0 spiro atoms. The predicted molar refractivity (Wildman–Crippen MR) is 93.0 cm³/mol. The van der Waals surface area contributed by atoms with Gasteiger partial charge in [-0.05, 0) is 31.2 Å². The van der Waals surface area contributed by atoms with Crippen LogP contribution in [0.3, 0.4) is 0 Å². The third-order valence-electron chi connectivity index (χ3n) is 3.37. The van der Waals surface area contributed by atoms with E-state index in [4.69, 9.17) is 4.74 Å². The van der Waals surface area contributed by atoms with E-state index in [1.54, 1.807) is 36.7 Å². The van der Waals surface area contributed by atoms with Crippen LogP contribution in [0, 0.1) is 0 Å². The fourth-order valence-electron chi connectivity index (χ4n) is 2.20. The third-order valence-corrected chi connectivity index (χ3v) is 3.37. The zero-order valence-corrected chi connectivity index (χ0v) is 13.3. The molecular weight excluding hydrogens is 302 g/mol. The Morgan fingerprint density at radius 1 is 1.00 bits per heavy atom. The highest BCUT2D eigenvalue weighted by Crippen LogP contribution is 2.16. The number of benzene rings is 2. The zero-order chi connectivity index (χ0) is 16.8. The topological polar surface area (TPSA) is 64.1 Å². The van der Waals surface area contributed by atoms with E-state index in [1.807, 2.05) is 37.3 Å². The van der Waals surface area contributed by atoms with E-state index in [1.165, 1.54) is 0 Å². The van der Waals surface area contributed by atoms with E-state index < -0.39 is 0 Å². The standard InChI is InChI=1S/C19H17N3O2/c1-2-24-17-10-8-15(9-11-17)19(23)22-16-12-20-18(21-13-16)14-6-4-3-5-7-14/h3-13H,2H2,1H3,(H,22,23). The molecule has 0 aliphatic heterocycles. The normalized spacial score (nSPS) is 10.2. The third kappa shape index (κ3) is 3.76. The lowest BCUT2D eigenvalue weighted by molar-refractivity contribution is 0.102. The lowest BCUT2D eigenvalue weighted by atomic mass is 10.2. The largest absolute Gasteiger partial charge is 0.494 e. The molecule has 0 radical (unpaired) electrons. The molecule has 1 amide bonds. The van der Waals surface area contributed by atoms with Gasteiger partial charge in [0.1, 0.15) is 5.75 Å². The Balaban J connectivity index is 1.68. The smallest absolute Gasteiger partial charge is 0.255 e. The van der Waals surface area contributed by atoms with Crippen molar-refractivity contribution >= 4 is 11.6 Å². The first-order chi connectivity index (χ1) is 11.8. The SMILES string of the molecule is CCOc1ccc(C(=O)Nc2cnc(-c3ccccc3)nc2)cc1. The number of carbonyl (C=O) groups is 1. The number of aromatic nitrogens is 2. The Bertz CT molecular complexity index is 800.